The third kappa shape index (κ3) is 2.61. The molecule has 2 rings (SSSR count). The summed E-state index contributed by atoms with van der Waals surface area (Å²) in [7, 11) is 0. The van der Waals surface area contributed by atoms with E-state index in [1.54, 1.807) is 0 Å². The zero-order valence-electron chi connectivity index (χ0n) is 11.2. The van der Waals surface area contributed by atoms with Crippen LogP contribution in [0, 0.1) is 0 Å². The van der Waals surface area contributed by atoms with Crippen molar-refractivity contribution in [2.45, 2.75) is 30.3 Å². The maximum atomic E-state index is 13.7. The number of anilines is 1. The van der Waals surface area contributed by atoms with Crippen molar-refractivity contribution in [2.24, 2.45) is 0 Å². The summed E-state index contributed by atoms with van der Waals surface area (Å²) in [6, 6.07) is 2.11. The molecular formula is C13H12F5NOS. The van der Waals surface area contributed by atoms with Crippen LogP contribution in [-0.4, -0.2) is 24.9 Å². The molecule has 0 fully saturated rings. The minimum atomic E-state index is -5.68. The number of halogens is 5. The van der Waals surface area contributed by atoms with E-state index >= 15 is 0 Å². The fourth-order valence-corrected chi connectivity index (χ4v) is 2.98. The summed E-state index contributed by atoms with van der Waals surface area (Å²) < 4.78 is 65.1. The Labute approximate surface area is 122 Å². The van der Waals surface area contributed by atoms with Crippen molar-refractivity contribution < 1.29 is 26.7 Å². The van der Waals surface area contributed by atoms with Gasteiger partial charge in [-0.3, -0.25) is 4.79 Å². The highest BCUT2D eigenvalue weighted by Crippen LogP contribution is 2.49. The van der Waals surface area contributed by atoms with Crippen molar-refractivity contribution >= 4 is 23.4 Å². The number of hydrogen-bond acceptors (Lipinski definition) is 2. The summed E-state index contributed by atoms with van der Waals surface area (Å²) in [6.07, 6.45) is -3.79. The first-order valence-electron chi connectivity index (χ1n) is 6.03. The molecule has 0 aromatic heterocycles. The van der Waals surface area contributed by atoms with Crippen molar-refractivity contribution in [3.63, 3.8) is 0 Å². The lowest BCUT2D eigenvalue weighted by Gasteiger charge is -2.24. The molecule has 1 aromatic carbocycles. The van der Waals surface area contributed by atoms with Crippen LogP contribution in [0.1, 0.15) is 18.1 Å². The summed E-state index contributed by atoms with van der Waals surface area (Å²) in [5.41, 5.74) is -0.357. The number of rotatable bonds is 2. The molecule has 2 nitrogen and oxygen atoms in total. The SMILES string of the molecule is CSc1cc2c(cc1C(F)(F)C(F)(F)F)N(C(C)=O)CC2. The second-order valence-corrected chi connectivity index (χ2v) is 5.52. The minimum absolute atomic E-state index is 0.124. The predicted molar refractivity (Wildman–Crippen MR) is 69.9 cm³/mol. The van der Waals surface area contributed by atoms with Crippen LogP contribution in [0.4, 0.5) is 27.6 Å². The van der Waals surface area contributed by atoms with Gasteiger partial charge in [0.15, 0.2) is 0 Å². The van der Waals surface area contributed by atoms with Crippen LogP contribution in [0.2, 0.25) is 0 Å². The van der Waals surface area contributed by atoms with Crippen molar-refractivity contribution in [3.8, 4) is 0 Å². The highest BCUT2D eigenvalue weighted by Gasteiger charge is 2.59. The Morgan fingerprint density at radius 3 is 2.33 bits per heavy atom. The van der Waals surface area contributed by atoms with Crippen LogP contribution in [0.15, 0.2) is 17.0 Å². The number of hydrogen-bond donors (Lipinski definition) is 0. The smallest absolute Gasteiger partial charge is 0.312 e. The van der Waals surface area contributed by atoms with E-state index in [-0.39, 0.29) is 16.5 Å². The van der Waals surface area contributed by atoms with Crippen molar-refractivity contribution in [2.75, 3.05) is 17.7 Å². The van der Waals surface area contributed by atoms with Gasteiger partial charge in [-0.2, -0.15) is 22.0 Å². The van der Waals surface area contributed by atoms with E-state index in [4.69, 9.17) is 0 Å². The van der Waals surface area contributed by atoms with Crippen LogP contribution in [0.3, 0.4) is 0 Å². The molecule has 1 aliphatic heterocycles. The van der Waals surface area contributed by atoms with Gasteiger partial charge in [-0.05, 0) is 30.4 Å². The monoisotopic (exact) mass is 325 g/mol. The molecule has 0 saturated heterocycles. The van der Waals surface area contributed by atoms with Gasteiger partial charge in [0.1, 0.15) is 0 Å². The van der Waals surface area contributed by atoms with Gasteiger partial charge in [0.2, 0.25) is 5.91 Å². The zero-order valence-corrected chi connectivity index (χ0v) is 12.0. The quantitative estimate of drug-likeness (QED) is 0.606. The summed E-state index contributed by atoms with van der Waals surface area (Å²) in [5, 5.41) is 0. The van der Waals surface area contributed by atoms with E-state index in [1.165, 1.54) is 24.1 Å². The Bertz CT molecular complexity index is 585. The zero-order chi connectivity index (χ0) is 16.0. The Balaban J connectivity index is 2.62. The van der Waals surface area contributed by atoms with Crippen LogP contribution < -0.4 is 4.90 Å². The Morgan fingerprint density at radius 1 is 1.24 bits per heavy atom. The number of fused-ring (bicyclic) bond motifs is 1. The topological polar surface area (TPSA) is 20.3 Å². The minimum Gasteiger partial charge on any atom is -0.312 e. The first kappa shape index (κ1) is 16.1. The lowest BCUT2D eigenvalue weighted by molar-refractivity contribution is -0.290. The molecule has 116 valence electrons. The Kier molecular flexibility index (Phi) is 3.94. The molecule has 1 amide bonds. The van der Waals surface area contributed by atoms with Crippen LogP contribution in [0.5, 0.6) is 0 Å². The summed E-state index contributed by atoms with van der Waals surface area (Å²) in [6.45, 7) is 1.54. The van der Waals surface area contributed by atoms with Gasteiger partial charge < -0.3 is 4.90 Å². The van der Waals surface area contributed by atoms with E-state index < -0.39 is 17.7 Å². The number of thioether (sulfide) groups is 1. The highest BCUT2D eigenvalue weighted by atomic mass is 32.2. The molecule has 1 aliphatic rings. The molecule has 0 aliphatic carbocycles. The second kappa shape index (κ2) is 5.15. The van der Waals surface area contributed by atoms with Gasteiger partial charge in [0, 0.05) is 29.6 Å². The predicted octanol–water partition coefficient (Wildman–Crippen LogP) is 3.97. The molecular weight excluding hydrogens is 313 g/mol. The Hall–Kier alpha value is -1.31. The van der Waals surface area contributed by atoms with E-state index in [0.717, 1.165) is 17.8 Å². The van der Waals surface area contributed by atoms with Crippen LogP contribution in [-0.2, 0) is 17.1 Å². The van der Waals surface area contributed by atoms with Gasteiger partial charge in [0.25, 0.3) is 0 Å². The molecule has 0 radical (unpaired) electrons. The van der Waals surface area contributed by atoms with E-state index in [1.807, 2.05) is 0 Å². The number of amides is 1. The third-order valence-corrected chi connectivity index (χ3v) is 4.15. The molecule has 0 unspecified atom stereocenters. The van der Waals surface area contributed by atoms with Crippen molar-refractivity contribution in [3.05, 3.63) is 23.3 Å². The summed E-state index contributed by atoms with van der Waals surface area (Å²) >= 11 is 0.831. The molecule has 1 heterocycles. The molecule has 0 saturated carbocycles. The lowest BCUT2D eigenvalue weighted by Crippen LogP contribution is -2.34. The third-order valence-electron chi connectivity index (χ3n) is 3.37. The van der Waals surface area contributed by atoms with Gasteiger partial charge in [-0.1, -0.05) is 0 Å². The average molecular weight is 325 g/mol. The largest absolute Gasteiger partial charge is 0.458 e. The maximum absolute atomic E-state index is 13.7. The fourth-order valence-electron chi connectivity index (χ4n) is 2.31. The molecule has 21 heavy (non-hydrogen) atoms. The summed E-state index contributed by atoms with van der Waals surface area (Å²) in [4.78, 5) is 12.5. The van der Waals surface area contributed by atoms with Gasteiger partial charge >= 0.3 is 12.1 Å². The normalized spacial score (nSPS) is 15.3. The van der Waals surface area contributed by atoms with E-state index in [2.05, 4.69) is 0 Å². The van der Waals surface area contributed by atoms with Crippen molar-refractivity contribution in [1.29, 1.82) is 0 Å². The first-order valence-corrected chi connectivity index (χ1v) is 7.26. The van der Waals surface area contributed by atoms with Gasteiger partial charge in [-0.25, -0.2) is 0 Å². The van der Waals surface area contributed by atoms with Gasteiger partial charge in [-0.15, -0.1) is 11.8 Å². The van der Waals surface area contributed by atoms with E-state index in [9.17, 15) is 26.7 Å². The standard InChI is InChI=1S/C13H12F5NOS/c1-7(20)19-4-3-8-5-11(21-2)9(6-10(8)19)12(14,15)13(16,17)18/h5-6H,3-4H2,1-2H3. The molecule has 0 atom stereocenters. The first-order chi connectivity index (χ1) is 9.59. The van der Waals surface area contributed by atoms with E-state index in [0.29, 0.717) is 18.5 Å². The number of nitrogens with zero attached hydrogens (tertiary/aromatic N) is 1. The number of carbonyl (C=O) groups is 1. The Morgan fingerprint density at radius 2 is 1.86 bits per heavy atom. The van der Waals surface area contributed by atoms with Crippen molar-refractivity contribution in [1.82, 2.24) is 0 Å². The fraction of sp³-hybridized carbons (Fsp3) is 0.462. The molecule has 0 N–H and O–H groups in total. The second-order valence-electron chi connectivity index (χ2n) is 4.67. The lowest BCUT2D eigenvalue weighted by atomic mass is 10.0. The molecule has 0 spiro atoms. The highest BCUT2D eigenvalue weighted by molar-refractivity contribution is 7.98. The molecule has 0 bridgehead atoms. The average Bonchev–Trinajstić information content (AvgIpc) is 2.78. The van der Waals surface area contributed by atoms with Crippen LogP contribution >= 0.6 is 11.8 Å². The summed E-state index contributed by atoms with van der Waals surface area (Å²) in [5.74, 6) is -5.34. The number of alkyl halides is 5. The van der Waals surface area contributed by atoms with Crippen LogP contribution in [0.25, 0.3) is 0 Å². The maximum Gasteiger partial charge on any atom is 0.458 e. The molecule has 8 heteroatoms. The van der Waals surface area contributed by atoms with Gasteiger partial charge in [0.05, 0.1) is 0 Å². The molecule has 1 aromatic rings. The number of carbonyl (C=O) groups excluding carboxylic acids is 1. The number of benzene rings is 1.